The molecule has 25 N–H and O–H groups in total. The van der Waals surface area contributed by atoms with Gasteiger partial charge in [0.1, 0.15) is 183 Å². The average Bonchev–Trinajstić information content (AvgIpc) is 1.34. The van der Waals surface area contributed by atoms with Crippen molar-refractivity contribution in [3.8, 4) is 11.1 Å². The first-order chi connectivity index (χ1) is 54.7. The van der Waals surface area contributed by atoms with Crippen molar-refractivity contribution in [3.63, 3.8) is 0 Å². The van der Waals surface area contributed by atoms with Crippen molar-refractivity contribution in [1.29, 1.82) is 0 Å². The van der Waals surface area contributed by atoms with Gasteiger partial charge in [-0.05, 0) is 22.3 Å². The van der Waals surface area contributed by atoms with E-state index < -0.39 is 321 Å². The molecule has 1 aliphatic carbocycles. The van der Waals surface area contributed by atoms with E-state index in [4.69, 9.17) is 66.3 Å². The van der Waals surface area contributed by atoms with Crippen molar-refractivity contribution >= 4 is 41.6 Å². The number of rotatable bonds is 30. The average molecular weight is 1650 g/mol. The van der Waals surface area contributed by atoms with Gasteiger partial charge in [0.15, 0.2) is 44.0 Å². The van der Waals surface area contributed by atoms with Crippen LogP contribution in [0, 0.1) is 0 Å². The lowest BCUT2D eigenvalue weighted by molar-refractivity contribution is -0.395. The van der Waals surface area contributed by atoms with Crippen LogP contribution in [0.3, 0.4) is 0 Å². The summed E-state index contributed by atoms with van der Waals surface area (Å²) in [6.45, 7) is -3.97. The summed E-state index contributed by atoms with van der Waals surface area (Å²) in [5.74, 6) is -6.85. The monoisotopic (exact) mass is 1650 g/mol. The number of aliphatic carboxylic acids is 1. The van der Waals surface area contributed by atoms with E-state index >= 15 is 0 Å². The second kappa shape index (κ2) is 39.9. The normalized spacial score (nSPS) is 40.3. The molecule has 7 aliphatic heterocycles. The number of ether oxygens (including phenoxy) is 14. The van der Waals surface area contributed by atoms with Crippen molar-refractivity contribution in [2.45, 2.75) is 261 Å². The van der Waals surface area contributed by atoms with E-state index in [2.05, 4.69) is 31.9 Å². The van der Waals surface area contributed by atoms with Gasteiger partial charge in [-0.15, -0.1) is 0 Å². The van der Waals surface area contributed by atoms with Gasteiger partial charge in [-0.2, -0.15) is 0 Å². The van der Waals surface area contributed by atoms with Crippen LogP contribution >= 0.6 is 0 Å². The number of amides is 6. The summed E-state index contributed by atoms with van der Waals surface area (Å²) in [5.41, 5.74) is 3.50. The fourth-order valence-corrected chi connectivity index (χ4v) is 15.0. The number of alkyl carbamates (subject to hydrolysis) is 1. The van der Waals surface area contributed by atoms with Crippen molar-refractivity contribution in [2.75, 3.05) is 52.9 Å². The zero-order valence-corrected chi connectivity index (χ0v) is 61.9. The molecule has 46 heteroatoms. The molecule has 36 atom stereocenters. The van der Waals surface area contributed by atoms with Gasteiger partial charge in [0, 0.05) is 33.6 Å². The molecule has 646 valence electrons. The molecule has 0 saturated carbocycles. The minimum Gasteiger partial charge on any atom is -0.480 e. The molecule has 7 fully saturated rings. The maximum atomic E-state index is 13.8. The van der Waals surface area contributed by atoms with Gasteiger partial charge in [-0.3, -0.25) is 24.0 Å². The maximum Gasteiger partial charge on any atom is 0.407 e. The first kappa shape index (κ1) is 90.6. The van der Waals surface area contributed by atoms with Crippen LogP contribution in [-0.4, -0.2) is 412 Å². The largest absolute Gasteiger partial charge is 0.480 e. The molecule has 2 aromatic rings. The Hall–Kier alpha value is -6.71. The SMILES string of the molecule is CC(=O)N[C@@H]1[C@@H](O)[C@H](O[C@@H]2O[C@H](CO)[C@@H](O[C@@H]3O[C@H](CO[C@H]4O[C@H](CO)[C@@H](O)[C@H](O)[C@@H]4O[C@@H]4O[C@H](CO)[C@@H](O)[C@H](O)[C@H]4NC(C)=O)[C@@H](O)[C@H](O[C@H]4O[C@H](CO)[C@@H](O)[C@H](O)[C@@H]4O[C@@H]4O[C@H](CO)[C@@H](O)[C@H](O)[C@H]4NC(C)=O)[C@@H]3O)[C@H](O)[C@H]2NC(C)=O)[C@@H](CO)O[C@H]1NC(=O)C[C@H](NC(=O)OCC1c2ccccc2-c2ccccc21)C(=O)O. The second-order valence-corrected chi connectivity index (χ2v) is 28.7. The van der Waals surface area contributed by atoms with Crippen LogP contribution in [-0.2, 0) is 95.1 Å². The second-order valence-electron chi connectivity index (χ2n) is 28.7. The van der Waals surface area contributed by atoms with Crippen molar-refractivity contribution in [1.82, 2.24) is 31.9 Å². The molecule has 7 saturated heterocycles. The summed E-state index contributed by atoms with van der Waals surface area (Å²) in [5, 5.41) is 226. The zero-order chi connectivity index (χ0) is 83.9. The zero-order valence-electron chi connectivity index (χ0n) is 61.9. The van der Waals surface area contributed by atoms with E-state index in [1.165, 1.54) is 0 Å². The highest BCUT2D eigenvalue weighted by atomic mass is 16.8. The molecule has 46 nitrogen and oxygen atoms in total. The number of hydrogen-bond donors (Lipinski definition) is 25. The van der Waals surface area contributed by atoms with Crippen LogP contribution in [0.15, 0.2) is 48.5 Å². The van der Waals surface area contributed by atoms with Crippen LogP contribution in [0.5, 0.6) is 0 Å². The molecule has 10 rings (SSSR count). The smallest absolute Gasteiger partial charge is 0.407 e. The van der Waals surface area contributed by atoms with Crippen LogP contribution < -0.4 is 31.9 Å². The Labute approximate surface area is 652 Å². The lowest BCUT2D eigenvalue weighted by Crippen LogP contribution is -2.71. The quantitative estimate of drug-likeness (QED) is 0.0345. The van der Waals surface area contributed by atoms with Gasteiger partial charge in [0.25, 0.3) is 0 Å². The maximum absolute atomic E-state index is 13.8. The first-order valence-electron chi connectivity index (χ1n) is 36.7. The van der Waals surface area contributed by atoms with E-state index in [-0.39, 0.29) is 6.61 Å². The molecule has 0 radical (unpaired) electrons. The van der Waals surface area contributed by atoms with Gasteiger partial charge in [-0.25, -0.2) is 9.59 Å². The van der Waals surface area contributed by atoms with E-state index in [9.17, 15) is 131 Å². The number of carboxylic acid groups (broad SMARTS) is 1. The van der Waals surface area contributed by atoms with Crippen LogP contribution in [0.1, 0.15) is 51.2 Å². The Bertz CT molecular complexity index is 3560. The Kier molecular flexibility index (Phi) is 31.4. The van der Waals surface area contributed by atoms with Gasteiger partial charge in [0.05, 0.1) is 52.7 Å². The van der Waals surface area contributed by atoms with E-state index in [1.807, 2.05) is 36.4 Å². The number of carbonyl (C=O) groups excluding carboxylic acids is 6. The lowest BCUT2D eigenvalue weighted by Gasteiger charge is -2.51. The summed E-state index contributed by atoms with van der Waals surface area (Å²) >= 11 is 0. The van der Waals surface area contributed by atoms with Gasteiger partial charge < -0.3 is 195 Å². The summed E-state index contributed by atoms with van der Waals surface area (Å²) in [4.78, 5) is 90.5. The number of aliphatic hydroxyl groups excluding tert-OH is 18. The van der Waals surface area contributed by atoms with Gasteiger partial charge in [0.2, 0.25) is 29.5 Å². The van der Waals surface area contributed by atoms with Gasteiger partial charge >= 0.3 is 12.1 Å². The molecule has 0 unspecified atom stereocenters. The van der Waals surface area contributed by atoms with E-state index in [0.717, 1.165) is 49.9 Å². The first-order valence-corrected chi connectivity index (χ1v) is 36.7. The number of carboxylic acids is 1. The molecular weight excluding hydrogens is 1550 g/mol. The fraction of sp³-hybridized carbons (Fsp3) is 0.725. The van der Waals surface area contributed by atoms with Crippen molar-refractivity contribution in [2.24, 2.45) is 0 Å². The van der Waals surface area contributed by atoms with Crippen LogP contribution in [0.25, 0.3) is 11.1 Å². The summed E-state index contributed by atoms with van der Waals surface area (Å²) in [6, 6.07) is 5.56. The number of benzene rings is 2. The number of fused-ring (bicyclic) bond motifs is 3. The predicted octanol–water partition coefficient (Wildman–Crippen LogP) is -13.2. The minimum atomic E-state index is -2.53. The minimum absolute atomic E-state index is 0.234. The molecule has 0 bridgehead atoms. The standard InChI is InChI=1S/C69H100N6O40/c1-22(82)70-40-51(94)56(36(18-80)104-61(40)75-39(86)13-31(62(99)100)74-69(101)103-20-30-28-11-7-5-9-26(28)27-10-6-8-12-29(27)30)111-65-43(73-25(4)85)52(95)57(37(19-81)109-65)112-66-55(98)58(113-68-60(54(97)47(90)35(17-79)108-68)115-64-42(72-24(3)84)50(93)45(88)33(15-77)106-64)48(91)38(110-66)21-102-67-59(53(96)46(89)34(16-78)107-67)114-63-41(71-23(2)83)49(92)44(87)32(14-76)105-63/h5-12,30-38,40-61,63-68,76-81,87-98H,13-21H2,1-4H3,(H,70,82)(H,71,83)(H,72,84)(H,73,85)(H,74,101)(H,75,86)(H,99,100)/t31-,32+,33+,34+,35+,36+,37+,38+,40+,41+,42+,43+,44+,45+,46+,47+,48+,49+,50+,51+,52+,53-,54-,55-,56+,57+,58-,59-,60-,61+,63-,64-,65-,66-,67-,68+/m0/s1. The third-order valence-corrected chi connectivity index (χ3v) is 20.8. The number of hydrogen-bond acceptors (Lipinski definition) is 39. The Balaban J connectivity index is 0.906. The van der Waals surface area contributed by atoms with E-state index in [0.29, 0.717) is 0 Å². The molecule has 2 aromatic carbocycles. The summed E-state index contributed by atoms with van der Waals surface area (Å²) < 4.78 is 83.5. The highest BCUT2D eigenvalue weighted by molar-refractivity contribution is 5.87. The Morgan fingerprint density at radius 3 is 1.19 bits per heavy atom. The number of aliphatic hydroxyl groups is 18. The van der Waals surface area contributed by atoms with Crippen LogP contribution in [0.4, 0.5) is 4.79 Å². The molecule has 8 aliphatic rings. The molecule has 0 spiro atoms. The van der Waals surface area contributed by atoms with Crippen molar-refractivity contribution < 1.29 is 197 Å². The number of nitrogens with one attached hydrogen (secondary N) is 6. The molecule has 6 amide bonds. The molecule has 115 heavy (non-hydrogen) atoms. The molecular formula is C69H100N6O40. The van der Waals surface area contributed by atoms with E-state index in [1.54, 1.807) is 12.1 Å². The lowest BCUT2D eigenvalue weighted by atomic mass is 9.93. The number of carbonyl (C=O) groups is 7. The fourth-order valence-electron chi connectivity index (χ4n) is 15.0. The summed E-state index contributed by atoms with van der Waals surface area (Å²) in [7, 11) is 0. The molecule has 0 aromatic heterocycles. The predicted molar refractivity (Wildman–Crippen MR) is 368 cm³/mol. The molecule has 7 heterocycles. The topological polar surface area (TPSA) is 705 Å². The Morgan fingerprint density at radius 2 is 0.730 bits per heavy atom. The summed E-state index contributed by atoms with van der Waals surface area (Å²) in [6.07, 6.45) is -66.4. The highest BCUT2D eigenvalue weighted by Gasteiger charge is 2.60. The van der Waals surface area contributed by atoms with Crippen LogP contribution in [0.2, 0.25) is 0 Å². The van der Waals surface area contributed by atoms with Gasteiger partial charge in [-0.1, -0.05) is 48.5 Å². The Morgan fingerprint density at radius 1 is 0.365 bits per heavy atom. The third-order valence-electron chi connectivity index (χ3n) is 20.8. The van der Waals surface area contributed by atoms with Crippen molar-refractivity contribution in [3.05, 3.63) is 59.7 Å². The third kappa shape index (κ3) is 20.4. The highest BCUT2D eigenvalue weighted by Crippen LogP contribution is 2.45.